The Labute approximate surface area is 196 Å². The third-order valence-corrected chi connectivity index (χ3v) is 11.2. The van der Waals surface area contributed by atoms with E-state index in [9.17, 15) is 14.7 Å². The number of carbonyl (C=O) groups excluding carboxylic acids is 1. The van der Waals surface area contributed by atoms with Crippen molar-refractivity contribution in [1.82, 2.24) is 5.16 Å². The van der Waals surface area contributed by atoms with E-state index >= 15 is 0 Å². The van der Waals surface area contributed by atoms with Gasteiger partial charge in [-0.25, -0.2) is 0 Å². The zero-order valence-electron chi connectivity index (χ0n) is 20.4. The van der Waals surface area contributed by atoms with Crippen LogP contribution in [0.25, 0.3) is 0 Å². The van der Waals surface area contributed by atoms with E-state index in [0.29, 0.717) is 12.3 Å². The van der Waals surface area contributed by atoms with E-state index in [2.05, 4.69) is 32.9 Å². The van der Waals surface area contributed by atoms with Gasteiger partial charge in [0.2, 0.25) is 0 Å². The third kappa shape index (κ3) is 2.74. The molecular weight excluding hydrogens is 414 g/mol. The maximum absolute atomic E-state index is 14.0. The Morgan fingerprint density at radius 1 is 1.06 bits per heavy atom. The van der Waals surface area contributed by atoms with Crippen LogP contribution in [0.3, 0.4) is 0 Å². The number of rotatable bonds is 1. The van der Waals surface area contributed by atoms with Gasteiger partial charge in [0.05, 0.1) is 11.6 Å². The Morgan fingerprint density at radius 2 is 1.85 bits per heavy atom. The van der Waals surface area contributed by atoms with Gasteiger partial charge < -0.3 is 9.63 Å². The molecule has 1 aromatic heterocycles. The highest BCUT2D eigenvalue weighted by Gasteiger charge is 2.65. The first kappa shape index (κ1) is 21.6. The molecule has 0 amide bonds. The quantitative estimate of drug-likeness (QED) is 0.599. The van der Waals surface area contributed by atoms with Crippen molar-refractivity contribution in [2.45, 2.75) is 85.5 Å². The van der Waals surface area contributed by atoms with Crippen molar-refractivity contribution in [3.63, 3.8) is 0 Å². The molecule has 5 heteroatoms. The highest BCUT2D eigenvalue weighted by molar-refractivity contribution is 5.95. The molecule has 5 aliphatic rings. The van der Waals surface area contributed by atoms with E-state index in [1.807, 2.05) is 12.3 Å². The first-order valence-corrected chi connectivity index (χ1v) is 12.9. The molecule has 5 aliphatic carbocycles. The Balaban J connectivity index is 1.45. The molecule has 178 valence electrons. The van der Waals surface area contributed by atoms with Crippen LogP contribution in [-0.4, -0.2) is 22.0 Å². The molecule has 6 rings (SSSR count). The van der Waals surface area contributed by atoms with E-state index in [1.54, 1.807) is 0 Å². The molecule has 1 heterocycles. The average molecular weight is 452 g/mol. The molecule has 7 unspecified atom stereocenters. The van der Waals surface area contributed by atoms with Crippen molar-refractivity contribution < 1.29 is 19.2 Å². The number of aromatic nitrogens is 1. The van der Waals surface area contributed by atoms with Gasteiger partial charge in [0.25, 0.3) is 0 Å². The fourth-order valence-electron chi connectivity index (χ4n) is 9.31. The van der Waals surface area contributed by atoms with Crippen LogP contribution in [0, 0.1) is 45.3 Å². The van der Waals surface area contributed by atoms with E-state index in [1.165, 1.54) is 11.1 Å². The summed E-state index contributed by atoms with van der Waals surface area (Å²) in [5.41, 5.74) is 1.80. The number of ketones is 1. The maximum atomic E-state index is 14.0. The smallest absolute Gasteiger partial charge is 0.309 e. The fourth-order valence-corrected chi connectivity index (χ4v) is 9.31. The minimum Gasteiger partial charge on any atom is -0.481 e. The molecule has 1 aromatic rings. The predicted octanol–water partition coefficient (Wildman–Crippen LogP) is 5.63. The summed E-state index contributed by atoms with van der Waals surface area (Å²) < 4.78 is 5.54. The minimum atomic E-state index is -0.725. The summed E-state index contributed by atoms with van der Waals surface area (Å²) in [5.74, 6) is 1.07. The largest absolute Gasteiger partial charge is 0.481 e. The van der Waals surface area contributed by atoms with Crippen LogP contribution in [0.1, 0.15) is 84.0 Å². The number of allylic oxidation sites excluding steroid dienone is 2. The van der Waals surface area contributed by atoms with Crippen LogP contribution < -0.4 is 0 Å². The highest BCUT2D eigenvalue weighted by atomic mass is 16.5. The molecule has 3 saturated carbocycles. The summed E-state index contributed by atoms with van der Waals surface area (Å²) in [6, 6.07) is 0. The number of carbonyl (C=O) groups is 2. The van der Waals surface area contributed by atoms with Gasteiger partial charge in [-0.3, -0.25) is 9.59 Å². The molecule has 0 bridgehead atoms. The molecule has 7 atom stereocenters. The molecule has 0 aromatic carbocycles. The first-order valence-electron chi connectivity index (χ1n) is 12.9. The Hall–Kier alpha value is -1.91. The average Bonchev–Trinajstić information content (AvgIpc) is 3.19. The predicted molar refractivity (Wildman–Crippen MR) is 123 cm³/mol. The third-order valence-electron chi connectivity index (χ3n) is 11.2. The number of carboxylic acid groups (broad SMARTS) is 1. The van der Waals surface area contributed by atoms with E-state index < -0.39 is 11.4 Å². The Kier molecular flexibility index (Phi) is 4.33. The molecule has 0 aliphatic heterocycles. The topological polar surface area (TPSA) is 80.4 Å². The standard InChI is InChI=1S/C28H37NO4/c1-25(2)9-10-28(24(31)32)8-6-18-23(19(28)14-25)20(30)12-22-26(18,3)7-5-17-11-21-16(15-29-33-21)13-27(17,22)4/h12,15,17-19,23H,5-11,13-14H2,1-4H3,(H,31,32). The summed E-state index contributed by atoms with van der Waals surface area (Å²) in [5, 5.41) is 14.5. The van der Waals surface area contributed by atoms with Crippen LogP contribution >= 0.6 is 0 Å². The lowest BCUT2D eigenvalue weighted by molar-refractivity contribution is -0.174. The zero-order valence-corrected chi connectivity index (χ0v) is 20.4. The van der Waals surface area contributed by atoms with Crippen LogP contribution in [0.15, 0.2) is 22.4 Å². The SMILES string of the molecule is CC1(C)CCC2(C(=O)O)CCC3C(C(=O)C=C4C5(C)Cc6cnoc6CC5CCC43C)C2C1. The Morgan fingerprint density at radius 3 is 2.61 bits per heavy atom. The molecule has 33 heavy (non-hydrogen) atoms. The van der Waals surface area contributed by atoms with Gasteiger partial charge in [0.15, 0.2) is 5.78 Å². The molecule has 5 nitrogen and oxygen atoms in total. The summed E-state index contributed by atoms with van der Waals surface area (Å²) in [7, 11) is 0. The number of fused-ring (bicyclic) bond motifs is 8. The van der Waals surface area contributed by atoms with Gasteiger partial charge in [-0.1, -0.05) is 38.4 Å². The van der Waals surface area contributed by atoms with Gasteiger partial charge in [0, 0.05) is 17.9 Å². The summed E-state index contributed by atoms with van der Waals surface area (Å²) in [6.45, 7) is 9.26. The highest BCUT2D eigenvalue weighted by Crippen LogP contribution is 2.69. The van der Waals surface area contributed by atoms with Gasteiger partial charge in [-0.2, -0.15) is 0 Å². The second-order valence-electron chi connectivity index (χ2n) is 13.3. The molecule has 3 fully saturated rings. The van der Waals surface area contributed by atoms with Crippen molar-refractivity contribution >= 4 is 11.8 Å². The van der Waals surface area contributed by atoms with E-state index in [4.69, 9.17) is 4.52 Å². The van der Waals surface area contributed by atoms with Gasteiger partial charge >= 0.3 is 5.97 Å². The van der Waals surface area contributed by atoms with Crippen LogP contribution in [-0.2, 0) is 22.4 Å². The summed E-state index contributed by atoms with van der Waals surface area (Å²) in [4.78, 5) is 26.6. The van der Waals surface area contributed by atoms with Crippen molar-refractivity contribution in [2.24, 2.45) is 45.3 Å². The zero-order chi connectivity index (χ0) is 23.4. The molecule has 1 N–H and O–H groups in total. The molecule has 0 saturated heterocycles. The number of carboxylic acids is 1. The fraction of sp³-hybridized carbons (Fsp3) is 0.750. The number of nitrogens with zero attached hydrogens (tertiary/aromatic N) is 1. The van der Waals surface area contributed by atoms with Gasteiger partial charge in [-0.05, 0) is 91.4 Å². The minimum absolute atomic E-state index is 0.0370. The van der Waals surface area contributed by atoms with Crippen molar-refractivity contribution in [1.29, 1.82) is 0 Å². The van der Waals surface area contributed by atoms with Crippen molar-refractivity contribution in [3.8, 4) is 0 Å². The lowest BCUT2D eigenvalue weighted by Crippen LogP contribution is -2.61. The normalized spacial score (nSPS) is 45.6. The summed E-state index contributed by atoms with van der Waals surface area (Å²) in [6.07, 6.45) is 11.9. The monoisotopic (exact) mass is 451 g/mol. The van der Waals surface area contributed by atoms with Crippen LogP contribution in [0.2, 0.25) is 0 Å². The van der Waals surface area contributed by atoms with Gasteiger partial charge in [-0.15, -0.1) is 0 Å². The summed E-state index contributed by atoms with van der Waals surface area (Å²) >= 11 is 0. The second kappa shape index (κ2) is 6.60. The molecular formula is C28H37NO4. The van der Waals surface area contributed by atoms with Crippen LogP contribution in [0.4, 0.5) is 0 Å². The maximum Gasteiger partial charge on any atom is 0.309 e. The lowest BCUT2D eigenvalue weighted by atomic mass is 9.39. The lowest BCUT2D eigenvalue weighted by Gasteiger charge is -2.63. The van der Waals surface area contributed by atoms with E-state index in [-0.39, 0.29) is 39.8 Å². The second-order valence-corrected chi connectivity index (χ2v) is 13.3. The van der Waals surface area contributed by atoms with E-state index in [0.717, 1.165) is 57.1 Å². The molecule has 0 spiro atoms. The van der Waals surface area contributed by atoms with Gasteiger partial charge in [0.1, 0.15) is 5.76 Å². The first-order chi connectivity index (χ1) is 15.5. The Bertz CT molecular complexity index is 1070. The van der Waals surface area contributed by atoms with Crippen LogP contribution in [0.5, 0.6) is 0 Å². The number of hydrogen-bond donors (Lipinski definition) is 1. The number of hydrogen-bond acceptors (Lipinski definition) is 4. The molecule has 0 radical (unpaired) electrons. The van der Waals surface area contributed by atoms with Crippen molar-refractivity contribution in [2.75, 3.05) is 0 Å². The van der Waals surface area contributed by atoms with Crippen molar-refractivity contribution in [3.05, 3.63) is 29.2 Å². The number of aliphatic carboxylic acids is 1.